The van der Waals surface area contributed by atoms with Crippen LogP contribution in [-0.2, 0) is 11.3 Å². The molecule has 0 radical (unpaired) electrons. The number of nitrogens with zero attached hydrogens (tertiary/aromatic N) is 3. The van der Waals surface area contributed by atoms with Gasteiger partial charge in [-0.2, -0.15) is 0 Å². The first-order chi connectivity index (χ1) is 14.5. The number of anilines is 1. The number of halogens is 2. The zero-order valence-electron chi connectivity index (χ0n) is 16.3. The number of benzene rings is 2. The third-order valence-electron chi connectivity index (χ3n) is 4.00. The summed E-state index contributed by atoms with van der Waals surface area (Å²) in [6, 6.07) is 12.6. The van der Waals surface area contributed by atoms with E-state index in [4.69, 9.17) is 27.9 Å². The van der Waals surface area contributed by atoms with Crippen LogP contribution in [0.1, 0.15) is 6.92 Å². The molecule has 6 nitrogen and oxygen atoms in total. The lowest BCUT2D eigenvalue weighted by atomic mass is 10.2. The normalized spacial score (nSPS) is 10.6. The van der Waals surface area contributed by atoms with E-state index in [0.29, 0.717) is 45.6 Å². The molecule has 30 heavy (non-hydrogen) atoms. The van der Waals surface area contributed by atoms with Crippen LogP contribution in [-0.4, -0.2) is 33.0 Å². The lowest BCUT2D eigenvalue weighted by Gasteiger charge is -2.11. The van der Waals surface area contributed by atoms with Crippen LogP contribution < -0.4 is 10.1 Å². The fourth-order valence-electron chi connectivity index (χ4n) is 2.71. The van der Waals surface area contributed by atoms with Crippen molar-refractivity contribution in [1.82, 2.24) is 14.8 Å². The minimum Gasteiger partial charge on any atom is -0.492 e. The van der Waals surface area contributed by atoms with Gasteiger partial charge in [-0.1, -0.05) is 53.2 Å². The molecule has 3 aromatic rings. The number of hydrogen-bond acceptors (Lipinski definition) is 5. The van der Waals surface area contributed by atoms with Crippen molar-refractivity contribution in [2.24, 2.45) is 0 Å². The number of carbonyl (C=O) groups excluding carboxylic acids is 1. The molecular formula is C21H20Cl2N4O2S. The molecule has 1 aromatic heterocycles. The number of thioether (sulfide) groups is 1. The third kappa shape index (κ3) is 5.36. The molecule has 0 unspecified atom stereocenters. The van der Waals surface area contributed by atoms with Crippen molar-refractivity contribution < 1.29 is 9.53 Å². The Morgan fingerprint density at radius 2 is 2.03 bits per heavy atom. The average Bonchev–Trinajstić information content (AvgIpc) is 3.13. The quantitative estimate of drug-likeness (QED) is 0.332. The van der Waals surface area contributed by atoms with Gasteiger partial charge in [-0.05, 0) is 37.3 Å². The molecule has 2 aromatic carbocycles. The number of amides is 1. The van der Waals surface area contributed by atoms with Crippen molar-refractivity contribution in [3.8, 4) is 17.1 Å². The molecule has 9 heteroatoms. The minimum atomic E-state index is -0.170. The van der Waals surface area contributed by atoms with Crippen LogP contribution >= 0.6 is 35.0 Å². The van der Waals surface area contributed by atoms with Gasteiger partial charge in [0, 0.05) is 12.1 Å². The van der Waals surface area contributed by atoms with Gasteiger partial charge in [-0.15, -0.1) is 16.8 Å². The molecular weight excluding hydrogens is 443 g/mol. The first-order valence-corrected chi connectivity index (χ1v) is 10.9. The van der Waals surface area contributed by atoms with E-state index >= 15 is 0 Å². The van der Waals surface area contributed by atoms with Gasteiger partial charge < -0.3 is 10.1 Å². The molecule has 0 aliphatic rings. The maximum absolute atomic E-state index is 12.5. The lowest BCUT2D eigenvalue weighted by molar-refractivity contribution is -0.113. The van der Waals surface area contributed by atoms with Crippen LogP contribution in [0.2, 0.25) is 10.0 Å². The first-order valence-electron chi connectivity index (χ1n) is 9.17. The fourth-order valence-corrected chi connectivity index (χ4v) is 3.75. The number of ether oxygens (including phenoxy) is 1. The van der Waals surface area contributed by atoms with Crippen LogP contribution in [0.5, 0.6) is 5.75 Å². The van der Waals surface area contributed by atoms with E-state index in [1.807, 2.05) is 35.8 Å². The molecule has 0 fully saturated rings. The molecule has 0 saturated carbocycles. The van der Waals surface area contributed by atoms with Gasteiger partial charge >= 0.3 is 0 Å². The summed E-state index contributed by atoms with van der Waals surface area (Å²) in [6.45, 7) is 6.69. The molecule has 0 atom stereocenters. The van der Waals surface area contributed by atoms with Crippen LogP contribution in [0.25, 0.3) is 11.4 Å². The minimum absolute atomic E-state index is 0.164. The van der Waals surface area contributed by atoms with Gasteiger partial charge in [0.05, 0.1) is 28.1 Å². The van der Waals surface area contributed by atoms with Crippen LogP contribution in [0.4, 0.5) is 5.69 Å². The topological polar surface area (TPSA) is 69.0 Å². The van der Waals surface area contributed by atoms with Crippen molar-refractivity contribution in [2.45, 2.75) is 18.6 Å². The molecule has 0 aliphatic heterocycles. The van der Waals surface area contributed by atoms with Crippen molar-refractivity contribution in [3.05, 3.63) is 65.2 Å². The van der Waals surface area contributed by atoms with Crippen molar-refractivity contribution in [3.63, 3.8) is 0 Å². The number of aromatic nitrogens is 3. The van der Waals surface area contributed by atoms with E-state index in [0.717, 1.165) is 5.56 Å². The number of allylic oxidation sites excluding steroid dienone is 1. The van der Waals surface area contributed by atoms with Crippen LogP contribution in [0.3, 0.4) is 0 Å². The summed E-state index contributed by atoms with van der Waals surface area (Å²) in [5.74, 6) is 1.25. The summed E-state index contributed by atoms with van der Waals surface area (Å²) < 4.78 is 7.42. The standard InChI is InChI=1S/C21H20Cl2N4O2S/c1-3-11-27-20(14-9-10-15(22)16(23)12-14)25-26-21(27)30-13-19(28)24-17-7-5-6-8-18(17)29-4-2/h3,5-10,12H,1,4,11,13H2,2H3,(H,24,28). The smallest absolute Gasteiger partial charge is 0.234 e. The summed E-state index contributed by atoms with van der Waals surface area (Å²) in [6.07, 6.45) is 1.74. The van der Waals surface area contributed by atoms with E-state index in [2.05, 4.69) is 22.1 Å². The second kappa shape index (κ2) is 10.5. The first kappa shape index (κ1) is 22.2. The maximum atomic E-state index is 12.5. The highest BCUT2D eigenvalue weighted by Gasteiger charge is 2.16. The summed E-state index contributed by atoms with van der Waals surface area (Å²) in [7, 11) is 0. The number of hydrogen-bond donors (Lipinski definition) is 1. The lowest BCUT2D eigenvalue weighted by Crippen LogP contribution is -2.15. The second-order valence-corrected chi connectivity index (χ2v) is 7.86. The zero-order valence-corrected chi connectivity index (χ0v) is 18.6. The highest BCUT2D eigenvalue weighted by molar-refractivity contribution is 7.99. The number of carbonyl (C=O) groups is 1. The summed E-state index contributed by atoms with van der Waals surface area (Å²) in [4.78, 5) is 12.5. The van der Waals surface area contributed by atoms with E-state index in [1.165, 1.54) is 11.8 Å². The molecule has 0 saturated heterocycles. The molecule has 156 valence electrons. The summed E-state index contributed by atoms with van der Waals surface area (Å²) in [5.41, 5.74) is 1.41. The zero-order chi connectivity index (χ0) is 21.5. The van der Waals surface area contributed by atoms with E-state index < -0.39 is 0 Å². The molecule has 1 N–H and O–H groups in total. The molecule has 3 rings (SSSR count). The molecule has 1 amide bonds. The number of para-hydroxylation sites is 2. The highest BCUT2D eigenvalue weighted by Crippen LogP contribution is 2.30. The summed E-state index contributed by atoms with van der Waals surface area (Å²) >= 11 is 13.4. The van der Waals surface area contributed by atoms with Gasteiger partial charge in [0.25, 0.3) is 0 Å². The molecule has 1 heterocycles. The van der Waals surface area contributed by atoms with Crippen LogP contribution in [0.15, 0.2) is 60.3 Å². The Bertz CT molecular complexity index is 1060. The maximum Gasteiger partial charge on any atom is 0.234 e. The third-order valence-corrected chi connectivity index (χ3v) is 5.71. The predicted molar refractivity (Wildman–Crippen MR) is 123 cm³/mol. The van der Waals surface area contributed by atoms with E-state index in [-0.39, 0.29) is 11.7 Å². The Morgan fingerprint density at radius 1 is 1.23 bits per heavy atom. The fraction of sp³-hybridized carbons (Fsp3) is 0.190. The van der Waals surface area contributed by atoms with Crippen molar-refractivity contribution >= 4 is 46.6 Å². The van der Waals surface area contributed by atoms with Gasteiger partial charge in [0.2, 0.25) is 5.91 Å². The highest BCUT2D eigenvalue weighted by atomic mass is 35.5. The Kier molecular flexibility index (Phi) is 7.79. The van der Waals surface area contributed by atoms with Crippen molar-refractivity contribution in [1.29, 1.82) is 0 Å². The molecule has 0 spiro atoms. The monoisotopic (exact) mass is 462 g/mol. The van der Waals surface area contributed by atoms with Crippen molar-refractivity contribution in [2.75, 3.05) is 17.7 Å². The van der Waals surface area contributed by atoms with Gasteiger partial charge in [-0.25, -0.2) is 0 Å². The van der Waals surface area contributed by atoms with Crippen LogP contribution in [0, 0.1) is 0 Å². The summed E-state index contributed by atoms with van der Waals surface area (Å²) in [5, 5.41) is 12.9. The predicted octanol–water partition coefficient (Wildman–Crippen LogP) is 5.57. The van der Waals surface area contributed by atoms with Gasteiger partial charge in [0.1, 0.15) is 5.75 Å². The number of nitrogens with one attached hydrogen (secondary N) is 1. The Labute approximate surface area is 189 Å². The second-order valence-electron chi connectivity index (χ2n) is 6.10. The van der Waals surface area contributed by atoms with E-state index in [9.17, 15) is 4.79 Å². The van der Waals surface area contributed by atoms with Gasteiger partial charge in [0.15, 0.2) is 11.0 Å². The number of rotatable bonds is 9. The average molecular weight is 463 g/mol. The SMILES string of the molecule is C=CCn1c(SCC(=O)Nc2ccccc2OCC)nnc1-c1ccc(Cl)c(Cl)c1. The van der Waals surface area contributed by atoms with Gasteiger partial charge in [-0.3, -0.25) is 9.36 Å². The Hall–Kier alpha value is -2.48. The molecule has 0 aliphatic carbocycles. The van der Waals surface area contributed by atoms with E-state index in [1.54, 1.807) is 24.3 Å². The Balaban J connectivity index is 1.74. The largest absolute Gasteiger partial charge is 0.492 e. The Morgan fingerprint density at radius 3 is 2.77 bits per heavy atom. The molecule has 0 bridgehead atoms.